The van der Waals surface area contributed by atoms with Crippen molar-refractivity contribution in [3.63, 3.8) is 0 Å². The van der Waals surface area contributed by atoms with E-state index >= 15 is 0 Å². The van der Waals surface area contributed by atoms with E-state index < -0.39 is 12.0 Å². The first-order valence-electron chi connectivity index (χ1n) is 6.78. The fourth-order valence-corrected chi connectivity index (χ4v) is 3.15. The molecule has 6 heteroatoms. The molecule has 0 aliphatic carbocycles. The Morgan fingerprint density at radius 1 is 1.45 bits per heavy atom. The number of rotatable bonds is 2. The fraction of sp³-hybridized carbons (Fsp3) is 0.500. The summed E-state index contributed by atoms with van der Waals surface area (Å²) in [5, 5.41) is 13.8. The number of aromatic nitrogens is 3. The zero-order chi connectivity index (χ0) is 14.3. The average molecular weight is 274 g/mol. The fourth-order valence-electron chi connectivity index (χ4n) is 3.15. The highest BCUT2D eigenvalue weighted by Gasteiger charge is 2.43. The summed E-state index contributed by atoms with van der Waals surface area (Å²) in [6.07, 6.45) is 7.00. The van der Waals surface area contributed by atoms with Gasteiger partial charge in [0.1, 0.15) is 11.6 Å². The molecule has 1 fully saturated rings. The smallest absolute Gasteiger partial charge is 0.326 e. The first-order valence-corrected chi connectivity index (χ1v) is 6.78. The molecule has 1 unspecified atom stereocenters. The summed E-state index contributed by atoms with van der Waals surface area (Å²) in [7, 11) is 0. The van der Waals surface area contributed by atoms with Gasteiger partial charge in [0.05, 0.1) is 6.20 Å². The molecule has 3 heterocycles. The van der Waals surface area contributed by atoms with Crippen LogP contribution in [-0.2, 0) is 4.79 Å². The summed E-state index contributed by atoms with van der Waals surface area (Å²) < 4.78 is 1.73. The van der Waals surface area contributed by atoms with Crippen LogP contribution in [0.1, 0.15) is 26.7 Å². The molecule has 106 valence electrons. The maximum absolute atomic E-state index is 11.7. The van der Waals surface area contributed by atoms with E-state index in [9.17, 15) is 9.90 Å². The molecule has 0 amide bonds. The van der Waals surface area contributed by atoms with Gasteiger partial charge in [-0.1, -0.05) is 13.8 Å². The first-order chi connectivity index (χ1) is 9.50. The minimum absolute atomic E-state index is 0.279. The average Bonchev–Trinajstić information content (AvgIpc) is 2.84. The van der Waals surface area contributed by atoms with Gasteiger partial charge in [-0.05, 0) is 24.3 Å². The third-order valence-electron chi connectivity index (χ3n) is 4.08. The maximum Gasteiger partial charge on any atom is 0.326 e. The molecule has 0 radical (unpaired) electrons. The van der Waals surface area contributed by atoms with E-state index in [1.54, 1.807) is 23.1 Å². The van der Waals surface area contributed by atoms with Gasteiger partial charge in [0.25, 0.3) is 0 Å². The lowest BCUT2D eigenvalue weighted by molar-refractivity contribution is -0.142. The summed E-state index contributed by atoms with van der Waals surface area (Å²) in [5.41, 5.74) is 0.565. The Balaban J connectivity index is 2.11. The Morgan fingerprint density at radius 3 is 3.00 bits per heavy atom. The normalized spacial score (nSPS) is 22.1. The molecule has 1 N–H and O–H groups in total. The predicted octanol–water partition coefficient (Wildman–Crippen LogP) is 1.81. The first kappa shape index (κ1) is 12.9. The van der Waals surface area contributed by atoms with Crippen LogP contribution in [0.5, 0.6) is 0 Å². The van der Waals surface area contributed by atoms with Gasteiger partial charge in [0.2, 0.25) is 0 Å². The second-order valence-electron chi connectivity index (χ2n) is 5.94. The van der Waals surface area contributed by atoms with Crippen LogP contribution in [0, 0.1) is 5.41 Å². The summed E-state index contributed by atoms with van der Waals surface area (Å²) in [5.74, 6) is -0.0943. The predicted molar refractivity (Wildman–Crippen MR) is 74.8 cm³/mol. The van der Waals surface area contributed by atoms with Crippen molar-refractivity contribution in [2.24, 2.45) is 5.41 Å². The van der Waals surface area contributed by atoms with Crippen molar-refractivity contribution in [1.82, 2.24) is 14.6 Å². The van der Waals surface area contributed by atoms with Gasteiger partial charge in [0, 0.05) is 18.9 Å². The molecule has 2 aromatic rings. The molecule has 0 saturated carbocycles. The highest BCUT2D eigenvalue weighted by atomic mass is 16.4. The van der Waals surface area contributed by atoms with E-state index in [4.69, 9.17) is 0 Å². The van der Waals surface area contributed by atoms with Crippen molar-refractivity contribution in [3.05, 3.63) is 24.7 Å². The zero-order valence-corrected chi connectivity index (χ0v) is 11.7. The van der Waals surface area contributed by atoms with E-state index in [1.165, 1.54) is 0 Å². The van der Waals surface area contributed by atoms with Crippen LogP contribution in [0.25, 0.3) is 5.52 Å². The van der Waals surface area contributed by atoms with E-state index in [-0.39, 0.29) is 5.41 Å². The van der Waals surface area contributed by atoms with Crippen LogP contribution >= 0.6 is 0 Å². The Labute approximate surface area is 117 Å². The molecular formula is C14H18N4O2. The van der Waals surface area contributed by atoms with Gasteiger partial charge >= 0.3 is 5.97 Å². The van der Waals surface area contributed by atoms with Crippen molar-refractivity contribution in [2.75, 3.05) is 11.4 Å². The SMILES string of the molecule is CC1(C)CCCN(c2nccn3nccc23)C1C(=O)O. The molecule has 1 atom stereocenters. The van der Waals surface area contributed by atoms with E-state index in [0.29, 0.717) is 12.4 Å². The number of nitrogens with zero attached hydrogens (tertiary/aromatic N) is 4. The second-order valence-corrected chi connectivity index (χ2v) is 5.94. The lowest BCUT2D eigenvalue weighted by atomic mass is 9.76. The molecule has 1 aliphatic rings. The van der Waals surface area contributed by atoms with Crippen molar-refractivity contribution in [3.8, 4) is 0 Å². The number of fused-ring (bicyclic) bond motifs is 1. The van der Waals surface area contributed by atoms with Gasteiger partial charge in [-0.3, -0.25) is 0 Å². The highest BCUT2D eigenvalue weighted by molar-refractivity contribution is 5.82. The number of carboxylic acid groups (broad SMARTS) is 1. The Bertz CT molecular complexity index is 649. The minimum Gasteiger partial charge on any atom is -0.480 e. The van der Waals surface area contributed by atoms with Crippen LogP contribution in [0.4, 0.5) is 5.82 Å². The van der Waals surface area contributed by atoms with Crippen LogP contribution in [0.3, 0.4) is 0 Å². The molecular weight excluding hydrogens is 256 g/mol. The summed E-state index contributed by atoms with van der Waals surface area (Å²) in [6, 6.07) is 1.30. The van der Waals surface area contributed by atoms with E-state index in [1.807, 2.05) is 24.8 Å². The Hall–Kier alpha value is -2.11. The van der Waals surface area contributed by atoms with Crippen LogP contribution in [0.15, 0.2) is 24.7 Å². The van der Waals surface area contributed by atoms with Gasteiger partial charge in [0.15, 0.2) is 5.82 Å². The van der Waals surface area contributed by atoms with Gasteiger partial charge in [-0.2, -0.15) is 5.10 Å². The molecule has 0 bridgehead atoms. The number of carboxylic acids is 1. The number of carbonyl (C=O) groups is 1. The molecule has 0 spiro atoms. The number of piperidine rings is 1. The molecule has 6 nitrogen and oxygen atoms in total. The molecule has 1 saturated heterocycles. The maximum atomic E-state index is 11.7. The third kappa shape index (κ3) is 1.92. The zero-order valence-electron chi connectivity index (χ0n) is 11.7. The third-order valence-corrected chi connectivity index (χ3v) is 4.08. The lowest BCUT2D eigenvalue weighted by Crippen LogP contribution is -2.54. The van der Waals surface area contributed by atoms with Crippen LogP contribution < -0.4 is 4.90 Å². The van der Waals surface area contributed by atoms with Gasteiger partial charge in [-0.15, -0.1) is 0 Å². The van der Waals surface area contributed by atoms with Crippen LogP contribution in [0.2, 0.25) is 0 Å². The summed E-state index contributed by atoms with van der Waals surface area (Å²) in [4.78, 5) is 18.0. The van der Waals surface area contributed by atoms with E-state index in [2.05, 4.69) is 10.1 Å². The van der Waals surface area contributed by atoms with Crippen molar-refractivity contribution in [2.45, 2.75) is 32.7 Å². The van der Waals surface area contributed by atoms with Crippen molar-refractivity contribution < 1.29 is 9.90 Å². The highest BCUT2D eigenvalue weighted by Crippen LogP contribution is 2.38. The standard InChI is InChI=1S/C14H18N4O2/c1-14(2)5-3-8-17(11(14)13(19)20)12-10-4-6-16-18(10)9-7-15-12/h4,6-7,9,11H,3,5,8H2,1-2H3,(H,19,20). The van der Waals surface area contributed by atoms with Crippen molar-refractivity contribution in [1.29, 1.82) is 0 Å². The second kappa shape index (κ2) is 4.47. The van der Waals surface area contributed by atoms with Gasteiger partial charge in [-0.25, -0.2) is 14.3 Å². The number of hydrogen-bond donors (Lipinski definition) is 1. The summed E-state index contributed by atoms with van der Waals surface area (Å²) >= 11 is 0. The molecule has 3 rings (SSSR count). The van der Waals surface area contributed by atoms with Crippen molar-refractivity contribution >= 4 is 17.3 Å². The Kier molecular flexibility index (Phi) is 2.88. The number of aliphatic carboxylic acids is 1. The van der Waals surface area contributed by atoms with Crippen LogP contribution in [-0.4, -0.2) is 38.3 Å². The largest absolute Gasteiger partial charge is 0.480 e. The monoisotopic (exact) mass is 274 g/mol. The molecule has 20 heavy (non-hydrogen) atoms. The van der Waals surface area contributed by atoms with Gasteiger partial charge < -0.3 is 10.0 Å². The van der Waals surface area contributed by atoms with E-state index in [0.717, 1.165) is 18.4 Å². The lowest BCUT2D eigenvalue weighted by Gasteiger charge is -2.44. The number of anilines is 1. The topological polar surface area (TPSA) is 70.7 Å². The molecule has 0 aromatic carbocycles. The molecule has 1 aliphatic heterocycles. The quantitative estimate of drug-likeness (QED) is 0.904. The minimum atomic E-state index is -0.794. The number of hydrogen-bond acceptors (Lipinski definition) is 4. The summed E-state index contributed by atoms with van der Waals surface area (Å²) in [6.45, 7) is 4.72. The molecule has 2 aromatic heterocycles. The Morgan fingerprint density at radius 2 is 2.25 bits per heavy atom.